The number of hydrogen-bond donors (Lipinski definition) is 1. The third-order valence-corrected chi connectivity index (χ3v) is 5.98. The summed E-state index contributed by atoms with van der Waals surface area (Å²) >= 11 is 0. The topological polar surface area (TPSA) is 32.7 Å². The van der Waals surface area contributed by atoms with Crippen LogP contribution in [0, 0.1) is 23.7 Å². The zero-order valence-corrected chi connectivity index (χ0v) is 13.1. The van der Waals surface area contributed by atoms with Gasteiger partial charge < -0.3 is 14.7 Å². The van der Waals surface area contributed by atoms with Crippen molar-refractivity contribution in [2.45, 2.75) is 58.2 Å². The minimum atomic E-state index is -0.327. The van der Waals surface area contributed by atoms with Gasteiger partial charge in [-0.2, -0.15) is 0 Å². The first-order chi connectivity index (χ1) is 9.69. The molecule has 0 aromatic rings. The Hall–Kier alpha value is -0.120. The Morgan fingerprint density at radius 2 is 1.55 bits per heavy atom. The quantitative estimate of drug-likeness (QED) is 0.778. The van der Waals surface area contributed by atoms with Crippen LogP contribution in [0.4, 0.5) is 0 Å². The van der Waals surface area contributed by atoms with Gasteiger partial charge in [0.15, 0.2) is 0 Å². The highest BCUT2D eigenvalue weighted by Crippen LogP contribution is 2.54. The SMILES string of the molecule is CCN(CC)CC(O)COC1C2CC3CC(C2)CC1C3. The van der Waals surface area contributed by atoms with Crippen LogP contribution in [0.2, 0.25) is 0 Å². The molecule has 3 nitrogen and oxygen atoms in total. The summed E-state index contributed by atoms with van der Waals surface area (Å²) in [5.41, 5.74) is 0. The summed E-state index contributed by atoms with van der Waals surface area (Å²) < 4.78 is 6.19. The Morgan fingerprint density at radius 1 is 1.00 bits per heavy atom. The summed E-state index contributed by atoms with van der Waals surface area (Å²) in [6.07, 6.45) is 7.19. The molecule has 4 aliphatic carbocycles. The van der Waals surface area contributed by atoms with Gasteiger partial charge in [-0.05, 0) is 68.9 Å². The van der Waals surface area contributed by atoms with Gasteiger partial charge in [0.1, 0.15) is 0 Å². The minimum Gasteiger partial charge on any atom is -0.389 e. The van der Waals surface area contributed by atoms with Crippen LogP contribution in [-0.4, -0.2) is 48.5 Å². The number of hydrogen-bond acceptors (Lipinski definition) is 3. The maximum absolute atomic E-state index is 10.2. The van der Waals surface area contributed by atoms with Crippen LogP contribution in [-0.2, 0) is 4.74 Å². The van der Waals surface area contributed by atoms with Crippen LogP contribution in [0.1, 0.15) is 46.0 Å². The van der Waals surface area contributed by atoms with Crippen LogP contribution in [0.15, 0.2) is 0 Å². The zero-order chi connectivity index (χ0) is 14.1. The molecule has 3 heteroatoms. The van der Waals surface area contributed by atoms with Crippen molar-refractivity contribution < 1.29 is 9.84 Å². The van der Waals surface area contributed by atoms with E-state index in [2.05, 4.69) is 18.7 Å². The Balaban J connectivity index is 1.46. The van der Waals surface area contributed by atoms with E-state index < -0.39 is 0 Å². The lowest BCUT2D eigenvalue weighted by molar-refractivity contribution is -0.141. The van der Waals surface area contributed by atoms with E-state index in [4.69, 9.17) is 4.74 Å². The molecule has 116 valence electrons. The summed E-state index contributed by atoms with van der Waals surface area (Å²) in [6, 6.07) is 0. The minimum absolute atomic E-state index is 0.327. The molecule has 4 rings (SSSR count). The van der Waals surface area contributed by atoms with Crippen molar-refractivity contribution in [1.82, 2.24) is 4.90 Å². The highest BCUT2D eigenvalue weighted by atomic mass is 16.5. The Morgan fingerprint density at radius 3 is 2.05 bits per heavy atom. The Labute approximate surface area is 123 Å². The number of ether oxygens (including phenoxy) is 1. The number of aliphatic hydroxyl groups is 1. The normalized spacial score (nSPS) is 40.5. The molecular formula is C17H31NO2. The van der Waals surface area contributed by atoms with Crippen molar-refractivity contribution in [2.75, 3.05) is 26.2 Å². The fraction of sp³-hybridized carbons (Fsp3) is 1.00. The van der Waals surface area contributed by atoms with E-state index in [0.717, 1.165) is 43.3 Å². The van der Waals surface area contributed by atoms with Crippen LogP contribution in [0.25, 0.3) is 0 Å². The van der Waals surface area contributed by atoms with Crippen molar-refractivity contribution in [3.8, 4) is 0 Å². The van der Waals surface area contributed by atoms with E-state index in [-0.39, 0.29) is 6.10 Å². The number of rotatable bonds is 7. The molecule has 4 bridgehead atoms. The van der Waals surface area contributed by atoms with Crippen LogP contribution in [0.3, 0.4) is 0 Å². The fourth-order valence-electron chi connectivity index (χ4n) is 5.20. The average molecular weight is 281 g/mol. The number of nitrogens with zero attached hydrogens (tertiary/aromatic N) is 1. The van der Waals surface area contributed by atoms with Gasteiger partial charge in [0.05, 0.1) is 18.8 Å². The molecule has 4 aliphatic rings. The van der Waals surface area contributed by atoms with Crippen molar-refractivity contribution in [1.29, 1.82) is 0 Å². The molecule has 0 spiro atoms. The molecule has 1 atom stereocenters. The summed E-state index contributed by atoms with van der Waals surface area (Å²) in [5, 5.41) is 10.2. The molecule has 1 N–H and O–H groups in total. The van der Waals surface area contributed by atoms with Crippen LogP contribution >= 0.6 is 0 Å². The summed E-state index contributed by atoms with van der Waals surface area (Å²) in [4.78, 5) is 2.27. The summed E-state index contributed by atoms with van der Waals surface area (Å²) in [7, 11) is 0. The van der Waals surface area contributed by atoms with Crippen molar-refractivity contribution in [3.63, 3.8) is 0 Å². The molecule has 0 aliphatic heterocycles. The molecule has 0 saturated heterocycles. The molecule has 0 heterocycles. The molecule has 1 unspecified atom stereocenters. The molecule has 4 fully saturated rings. The maximum atomic E-state index is 10.2. The van der Waals surface area contributed by atoms with Crippen LogP contribution in [0.5, 0.6) is 0 Å². The predicted molar refractivity (Wildman–Crippen MR) is 80.6 cm³/mol. The summed E-state index contributed by atoms with van der Waals surface area (Å²) in [5.74, 6) is 3.59. The maximum Gasteiger partial charge on any atom is 0.0900 e. The second-order valence-corrected chi connectivity index (χ2v) is 7.37. The molecule has 0 aromatic carbocycles. The molecule has 0 radical (unpaired) electrons. The van der Waals surface area contributed by atoms with Gasteiger partial charge in [-0.25, -0.2) is 0 Å². The highest BCUT2D eigenvalue weighted by molar-refractivity contribution is 4.99. The lowest BCUT2D eigenvalue weighted by atomic mass is 9.55. The lowest BCUT2D eigenvalue weighted by Crippen LogP contribution is -2.50. The third kappa shape index (κ3) is 3.05. The average Bonchev–Trinajstić information content (AvgIpc) is 2.43. The fourth-order valence-corrected chi connectivity index (χ4v) is 5.20. The first-order valence-corrected chi connectivity index (χ1v) is 8.71. The van der Waals surface area contributed by atoms with Crippen molar-refractivity contribution in [3.05, 3.63) is 0 Å². The Kier molecular flexibility index (Phi) is 4.68. The van der Waals surface area contributed by atoms with E-state index in [1.165, 1.54) is 32.1 Å². The highest BCUT2D eigenvalue weighted by Gasteiger charge is 2.48. The molecule has 20 heavy (non-hydrogen) atoms. The van der Waals surface area contributed by atoms with Gasteiger partial charge in [-0.3, -0.25) is 0 Å². The van der Waals surface area contributed by atoms with E-state index >= 15 is 0 Å². The standard InChI is InChI=1S/C17H31NO2/c1-3-18(4-2)10-16(19)11-20-17-14-6-12-5-13(8-14)9-15(17)7-12/h12-17,19H,3-11H2,1-2H3. The second-order valence-electron chi connectivity index (χ2n) is 7.37. The van der Waals surface area contributed by atoms with Gasteiger partial charge in [-0.1, -0.05) is 13.8 Å². The third-order valence-electron chi connectivity index (χ3n) is 5.98. The van der Waals surface area contributed by atoms with E-state index in [1.807, 2.05) is 0 Å². The largest absolute Gasteiger partial charge is 0.389 e. The molecule has 0 amide bonds. The monoisotopic (exact) mass is 281 g/mol. The van der Waals surface area contributed by atoms with Gasteiger partial charge in [-0.15, -0.1) is 0 Å². The van der Waals surface area contributed by atoms with Gasteiger partial charge in [0.2, 0.25) is 0 Å². The van der Waals surface area contributed by atoms with Crippen molar-refractivity contribution in [2.24, 2.45) is 23.7 Å². The number of aliphatic hydroxyl groups excluding tert-OH is 1. The molecular weight excluding hydrogens is 250 g/mol. The first kappa shape index (κ1) is 14.8. The number of likely N-dealkylation sites (N-methyl/N-ethyl adjacent to an activating group) is 1. The Bertz CT molecular complexity index is 288. The van der Waals surface area contributed by atoms with E-state index in [1.54, 1.807) is 0 Å². The van der Waals surface area contributed by atoms with E-state index in [9.17, 15) is 5.11 Å². The van der Waals surface area contributed by atoms with Gasteiger partial charge in [0.25, 0.3) is 0 Å². The predicted octanol–water partition coefficient (Wildman–Crippen LogP) is 2.53. The van der Waals surface area contributed by atoms with Crippen LogP contribution < -0.4 is 0 Å². The lowest BCUT2D eigenvalue weighted by Gasteiger charge is -2.54. The smallest absolute Gasteiger partial charge is 0.0900 e. The first-order valence-electron chi connectivity index (χ1n) is 8.71. The zero-order valence-electron chi connectivity index (χ0n) is 13.1. The van der Waals surface area contributed by atoms with E-state index in [0.29, 0.717) is 12.7 Å². The van der Waals surface area contributed by atoms with Gasteiger partial charge >= 0.3 is 0 Å². The second kappa shape index (κ2) is 6.33. The van der Waals surface area contributed by atoms with Crippen molar-refractivity contribution >= 4 is 0 Å². The molecule has 0 aromatic heterocycles. The summed E-state index contributed by atoms with van der Waals surface area (Å²) in [6.45, 7) is 7.59. The van der Waals surface area contributed by atoms with Gasteiger partial charge in [0, 0.05) is 6.54 Å². The molecule has 4 saturated carbocycles.